The molecule has 0 fully saturated rings. The Bertz CT molecular complexity index is 489. The number of hydrogen-bond donors (Lipinski definition) is 2. The van der Waals surface area contributed by atoms with Gasteiger partial charge in [-0.3, -0.25) is 0 Å². The van der Waals surface area contributed by atoms with E-state index >= 15 is 0 Å². The average Bonchev–Trinajstić information content (AvgIpc) is 2.68. The third kappa shape index (κ3) is 1.83. The lowest BCUT2D eigenvalue weighted by Crippen LogP contribution is -2.11. The van der Waals surface area contributed by atoms with Gasteiger partial charge >= 0.3 is 0 Å². The normalized spacial score (nSPS) is 10.9. The topological polar surface area (TPSA) is 67.1 Å². The predicted octanol–water partition coefficient (Wildman–Crippen LogP) is 0.236. The second kappa shape index (κ2) is 4.44. The summed E-state index contributed by atoms with van der Waals surface area (Å²) < 4.78 is 1.73. The van der Waals surface area contributed by atoms with Crippen LogP contribution in [0.25, 0.3) is 5.65 Å². The molecule has 2 heterocycles. The van der Waals surface area contributed by atoms with Gasteiger partial charge in [-0.15, -0.1) is 0 Å². The van der Waals surface area contributed by atoms with Crippen LogP contribution in [0.4, 0.5) is 5.95 Å². The van der Waals surface area contributed by atoms with E-state index in [1.165, 1.54) is 0 Å². The summed E-state index contributed by atoms with van der Waals surface area (Å²) in [6, 6.07) is 0. The van der Waals surface area contributed by atoms with Gasteiger partial charge in [-0.05, 0) is 26.9 Å². The second-order valence-electron chi connectivity index (χ2n) is 3.60. The summed E-state index contributed by atoms with van der Waals surface area (Å²) in [4.78, 5) is 8.69. The Morgan fingerprint density at radius 1 is 1.31 bits per heavy atom. The van der Waals surface area contributed by atoms with Crippen LogP contribution in [0.1, 0.15) is 11.4 Å². The first-order chi connectivity index (χ1) is 7.76. The van der Waals surface area contributed by atoms with Crippen LogP contribution < -0.4 is 10.6 Å². The summed E-state index contributed by atoms with van der Waals surface area (Å²) in [5.74, 6) is 1.47. The lowest BCUT2D eigenvalue weighted by Gasteiger charge is -2.04. The molecule has 0 unspecified atom stereocenters. The zero-order chi connectivity index (χ0) is 11.5. The van der Waals surface area contributed by atoms with Crippen molar-refractivity contribution in [3.8, 4) is 0 Å². The van der Waals surface area contributed by atoms with Gasteiger partial charge in [-0.1, -0.05) is 0 Å². The minimum atomic E-state index is 0.721. The van der Waals surface area contributed by atoms with E-state index in [0.717, 1.165) is 35.9 Å². The molecule has 86 valence electrons. The molecule has 0 radical (unpaired) electrons. The van der Waals surface area contributed by atoms with E-state index in [0.29, 0.717) is 0 Å². The Labute approximate surface area is 94.1 Å². The van der Waals surface area contributed by atoms with Crippen molar-refractivity contribution in [1.82, 2.24) is 24.9 Å². The average molecular weight is 220 g/mol. The summed E-state index contributed by atoms with van der Waals surface area (Å²) in [7, 11) is 3.77. The summed E-state index contributed by atoms with van der Waals surface area (Å²) >= 11 is 0. The van der Waals surface area contributed by atoms with Gasteiger partial charge in [0.05, 0.1) is 6.20 Å². The van der Waals surface area contributed by atoms with Crippen molar-refractivity contribution in [3.63, 3.8) is 0 Å². The molecule has 2 rings (SSSR count). The van der Waals surface area contributed by atoms with E-state index < -0.39 is 0 Å². The van der Waals surface area contributed by atoms with Gasteiger partial charge in [0.25, 0.3) is 0 Å². The lowest BCUT2D eigenvalue weighted by molar-refractivity contribution is 0.793. The van der Waals surface area contributed by atoms with Gasteiger partial charge in [0, 0.05) is 12.6 Å². The highest BCUT2D eigenvalue weighted by atomic mass is 15.3. The number of likely N-dealkylation sites (N-methyl/N-ethyl adjacent to an activating group) is 1. The SMILES string of the molecule is CNCCc1cnn2c(NC)nc(C)nc12. The molecule has 0 atom stereocenters. The summed E-state index contributed by atoms with van der Waals surface area (Å²) in [6.45, 7) is 2.80. The fourth-order valence-electron chi connectivity index (χ4n) is 1.63. The van der Waals surface area contributed by atoms with Crippen molar-refractivity contribution >= 4 is 11.6 Å². The number of rotatable bonds is 4. The Morgan fingerprint density at radius 3 is 2.81 bits per heavy atom. The molecule has 0 bridgehead atoms. The molecule has 0 aliphatic rings. The number of fused-ring (bicyclic) bond motifs is 1. The molecule has 0 amide bonds. The zero-order valence-electron chi connectivity index (χ0n) is 9.78. The zero-order valence-corrected chi connectivity index (χ0v) is 9.78. The van der Waals surface area contributed by atoms with Gasteiger partial charge in [0.1, 0.15) is 5.82 Å². The number of aryl methyl sites for hydroxylation is 1. The predicted molar refractivity (Wildman–Crippen MR) is 62.7 cm³/mol. The van der Waals surface area contributed by atoms with Crippen molar-refractivity contribution in [3.05, 3.63) is 17.6 Å². The van der Waals surface area contributed by atoms with E-state index in [1.807, 2.05) is 27.2 Å². The fraction of sp³-hybridized carbons (Fsp3) is 0.500. The number of nitrogens with one attached hydrogen (secondary N) is 2. The monoisotopic (exact) mass is 220 g/mol. The molecule has 0 aliphatic heterocycles. The molecular weight excluding hydrogens is 204 g/mol. The highest BCUT2D eigenvalue weighted by Gasteiger charge is 2.09. The van der Waals surface area contributed by atoms with Gasteiger partial charge in [-0.2, -0.15) is 14.6 Å². The number of anilines is 1. The van der Waals surface area contributed by atoms with Crippen LogP contribution in [-0.2, 0) is 6.42 Å². The largest absolute Gasteiger partial charge is 0.357 e. The number of aromatic nitrogens is 4. The first-order valence-electron chi connectivity index (χ1n) is 5.30. The van der Waals surface area contributed by atoms with Gasteiger partial charge in [0.2, 0.25) is 5.95 Å². The first-order valence-corrected chi connectivity index (χ1v) is 5.30. The molecule has 6 heteroatoms. The van der Waals surface area contributed by atoms with Crippen LogP contribution in [0.5, 0.6) is 0 Å². The third-order valence-corrected chi connectivity index (χ3v) is 2.42. The van der Waals surface area contributed by atoms with Crippen molar-refractivity contribution in [2.24, 2.45) is 0 Å². The van der Waals surface area contributed by atoms with E-state index in [-0.39, 0.29) is 0 Å². The third-order valence-electron chi connectivity index (χ3n) is 2.42. The minimum absolute atomic E-state index is 0.721. The molecule has 0 aromatic carbocycles. The highest BCUT2D eigenvalue weighted by molar-refractivity contribution is 5.50. The molecule has 0 saturated carbocycles. The Morgan fingerprint density at radius 2 is 2.12 bits per heavy atom. The standard InChI is InChI=1S/C10H16N6/c1-7-14-9-8(4-5-11-2)6-13-16(9)10(12-3)15-7/h6,11H,4-5H2,1-3H3,(H,12,14,15). The van der Waals surface area contributed by atoms with Gasteiger partial charge in [-0.25, -0.2) is 4.98 Å². The van der Waals surface area contributed by atoms with Crippen LogP contribution in [0.2, 0.25) is 0 Å². The molecule has 2 N–H and O–H groups in total. The van der Waals surface area contributed by atoms with Gasteiger partial charge in [0.15, 0.2) is 5.65 Å². The Kier molecular flexibility index (Phi) is 3.00. The molecule has 0 aliphatic carbocycles. The summed E-state index contributed by atoms with van der Waals surface area (Å²) in [5.41, 5.74) is 2.02. The van der Waals surface area contributed by atoms with E-state index in [1.54, 1.807) is 4.52 Å². The molecule has 16 heavy (non-hydrogen) atoms. The molecule has 0 saturated heterocycles. The Hall–Kier alpha value is -1.69. The van der Waals surface area contributed by atoms with E-state index in [2.05, 4.69) is 25.7 Å². The maximum absolute atomic E-state index is 4.42. The minimum Gasteiger partial charge on any atom is -0.357 e. The number of hydrogen-bond acceptors (Lipinski definition) is 5. The summed E-state index contributed by atoms with van der Waals surface area (Å²) in [6.07, 6.45) is 2.77. The van der Waals surface area contributed by atoms with E-state index in [9.17, 15) is 0 Å². The van der Waals surface area contributed by atoms with Gasteiger partial charge < -0.3 is 10.6 Å². The van der Waals surface area contributed by atoms with Crippen molar-refractivity contribution in [2.75, 3.05) is 26.0 Å². The fourth-order valence-corrected chi connectivity index (χ4v) is 1.63. The quantitative estimate of drug-likeness (QED) is 0.772. The van der Waals surface area contributed by atoms with Crippen LogP contribution in [0.15, 0.2) is 6.20 Å². The maximum Gasteiger partial charge on any atom is 0.227 e. The van der Waals surface area contributed by atoms with Crippen molar-refractivity contribution in [2.45, 2.75) is 13.3 Å². The first kappa shape index (κ1) is 10.8. The maximum atomic E-state index is 4.42. The second-order valence-corrected chi connectivity index (χ2v) is 3.60. The smallest absolute Gasteiger partial charge is 0.227 e. The highest BCUT2D eigenvalue weighted by Crippen LogP contribution is 2.12. The summed E-state index contributed by atoms with van der Waals surface area (Å²) in [5, 5.41) is 10.4. The lowest BCUT2D eigenvalue weighted by atomic mass is 10.2. The van der Waals surface area contributed by atoms with Crippen molar-refractivity contribution in [1.29, 1.82) is 0 Å². The molecule has 2 aromatic heterocycles. The molecular formula is C10H16N6. The molecule has 0 spiro atoms. The van der Waals surface area contributed by atoms with Crippen LogP contribution in [0.3, 0.4) is 0 Å². The number of nitrogens with zero attached hydrogens (tertiary/aromatic N) is 4. The van der Waals surface area contributed by atoms with Crippen molar-refractivity contribution < 1.29 is 0 Å². The van der Waals surface area contributed by atoms with Crippen LogP contribution >= 0.6 is 0 Å². The van der Waals surface area contributed by atoms with Crippen LogP contribution in [-0.4, -0.2) is 40.2 Å². The molecule has 6 nitrogen and oxygen atoms in total. The van der Waals surface area contributed by atoms with Crippen LogP contribution in [0, 0.1) is 6.92 Å². The Balaban J connectivity index is 2.49. The van der Waals surface area contributed by atoms with E-state index in [4.69, 9.17) is 0 Å². The molecule has 2 aromatic rings.